The number of piperidine rings is 1. The molecule has 9 rings (SSSR count). The van der Waals surface area contributed by atoms with Gasteiger partial charge >= 0.3 is 5.69 Å². The molecule has 6 heterocycles. The summed E-state index contributed by atoms with van der Waals surface area (Å²) in [5.74, 6) is 0.254. The number of allylic oxidation sites excluding steroid dienone is 2. The van der Waals surface area contributed by atoms with Crippen molar-refractivity contribution < 1.29 is 27.9 Å². The van der Waals surface area contributed by atoms with Gasteiger partial charge in [0.1, 0.15) is 17.6 Å². The SMILES string of the molecule is Cn1c(=O)n(C2CCC(=O)NC2=O)c2cccc(CC3CC(N4CCN(CC5CCC(N=C/C(NC(=O)/C(=C/N)c6nccc(N7C[C@H]8CC7CO8)n6)=C(\N)C(F)F)CC5)CC4)C3)c21. The van der Waals surface area contributed by atoms with Crippen molar-refractivity contribution in [3.63, 3.8) is 0 Å². The molecule has 17 nitrogen and oxygen atoms in total. The molecule has 342 valence electrons. The quantitative estimate of drug-likeness (QED) is 0.111. The van der Waals surface area contributed by atoms with Crippen molar-refractivity contribution in [2.75, 3.05) is 50.8 Å². The topological polar surface area (TPSA) is 211 Å². The van der Waals surface area contributed by atoms with Crippen LogP contribution in [0.2, 0.25) is 0 Å². The first-order valence-electron chi connectivity index (χ1n) is 22.7. The largest absolute Gasteiger partial charge is 0.404 e. The van der Waals surface area contributed by atoms with E-state index in [1.807, 2.05) is 12.1 Å². The Labute approximate surface area is 369 Å². The van der Waals surface area contributed by atoms with Crippen molar-refractivity contribution in [1.82, 2.24) is 39.5 Å². The Balaban J connectivity index is 0.725. The first-order chi connectivity index (χ1) is 30.9. The Morgan fingerprint density at radius 3 is 2.50 bits per heavy atom. The normalized spacial score (nSPS) is 28.5. The number of anilines is 1. The van der Waals surface area contributed by atoms with Crippen LogP contribution in [-0.2, 0) is 32.6 Å². The predicted octanol–water partition coefficient (Wildman–Crippen LogP) is 2.20. The number of morpholine rings is 1. The van der Waals surface area contributed by atoms with Crippen LogP contribution in [0.4, 0.5) is 14.6 Å². The van der Waals surface area contributed by atoms with Gasteiger partial charge in [-0.25, -0.2) is 23.5 Å². The molecule has 2 aromatic heterocycles. The van der Waals surface area contributed by atoms with E-state index in [9.17, 15) is 28.0 Å². The van der Waals surface area contributed by atoms with Crippen LogP contribution in [0.15, 0.2) is 57.8 Å². The van der Waals surface area contributed by atoms with Crippen LogP contribution >= 0.6 is 0 Å². The average Bonchev–Trinajstić information content (AvgIpc) is 3.99. The van der Waals surface area contributed by atoms with E-state index in [4.69, 9.17) is 16.2 Å². The lowest BCUT2D eigenvalue weighted by molar-refractivity contribution is -0.135. The van der Waals surface area contributed by atoms with Crippen LogP contribution in [0.1, 0.15) is 75.2 Å². The third kappa shape index (κ3) is 8.93. The van der Waals surface area contributed by atoms with Crippen LogP contribution in [0, 0.1) is 11.8 Å². The Morgan fingerprint density at radius 1 is 1.03 bits per heavy atom. The van der Waals surface area contributed by atoms with Gasteiger partial charge in [0.05, 0.1) is 47.1 Å². The van der Waals surface area contributed by atoms with Crippen molar-refractivity contribution in [3.05, 3.63) is 69.9 Å². The summed E-state index contributed by atoms with van der Waals surface area (Å²) >= 11 is 0. The number of imidazole rings is 1. The summed E-state index contributed by atoms with van der Waals surface area (Å²) in [5.41, 5.74) is 13.0. The van der Waals surface area contributed by atoms with Gasteiger partial charge in [0.15, 0.2) is 5.82 Å². The first-order valence-corrected chi connectivity index (χ1v) is 22.7. The molecule has 1 aromatic carbocycles. The van der Waals surface area contributed by atoms with E-state index in [1.54, 1.807) is 28.4 Å². The summed E-state index contributed by atoms with van der Waals surface area (Å²) in [5, 5.41) is 4.89. The number of aromatic nitrogens is 4. The number of piperazine rings is 1. The molecule has 2 unspecified atom stereocenters. The molecule has 6 N–H and O–H groups in total. The third-order valence-electron chi connectivity index (χ3n) is 14.4. The van der Waals surface area contributed by atoms with Gasteiger partial charge < -0.3 is 31.3 Å². The van der Waals surface area contributed by atoms with E-state index in [1.165, 1.54) is 6.21 Å². The number of para-hydroxylation sites is 1. The highest BCUT2D eigenvalue weighted by atomic mass is 19.3. The standard InChI is InChI=1S/C45H58F2N12O5/c1-55-40-28(3-2-4-35(40)59(45(55)63)36-9-10-38(60)54-44(36)62)17-27-18-30(19-27)57-15-13-56(14-16-57)23-26-5-7-29(8-6-26)51-22-34(39(49)41(46)47)52-43(61)33(21-48)42-50-12-11-37(53-42)58-24-32-20-31(58)25-64-32/h2-4,11-12,21-22,26-27,29-32,36,41H,5-10,13-20,23-25,48-49H2,1H3,(H,52,61)(H,54,60,62)/b33-21+,39-34+,51-22?/t26?,27?,29?,30?,31?,32-,36?/m1/s1. The second-order valence-electron chi connectivity index (χ2n) is 18.4. The van der Waals surface area contributed by atoms with Crippen molar-refractivity contribution in [1.29, 1.82) is 0 Å². The molecule has 4 saturated heterocycles. The highest BCUT2D eigenvalue weighted by Gasteiger charge is 2.40. The molecular weight excluding hydrogens is 827 g/mol. The maximum Gasteiger partial charge on any atom is 0.329 e. The number of hydrogen-bond acceptors (Lipinski definition) is 13. The van der Waals surface area contributed by atoms with Crippen LogP contribution < -0.4 is 32.7 Å². The van der Waals surface area contributed by atoms with Gasteiger partial charge in [0.2, 0.25) is 11.8 Å². The van der Waals surface area contributed by atoms with Gasteiger partial charge in [-0.1, -0.05) is 12.1 Å². The highest BCUT2D eigenvalue weighted by molar-refractivity contribution is 6.19. The molecule has 2 aliphatic carbocycles. The van der Waals surface area contributed by atoms with Gasteiger partial charge in [-0.2, -0.15) is 0 Å². The van der Waals surface area contributed by atoms with Gasteiger partial charge in [0, 0.05) is 77.4 Å². The minimum absolute atomic E-state index is 0.0729. The predicted molar refractivity (Wildman–Crippen MR) is 236 cm³/mol. The number of carbonyl (C=O) groups excluding carboxylic acids is 3. The maximum absolute atomic E-state index is 13.9. The van der Waals surface area contributed by atoms with Gasteiger partial charge in [-0.15, -0.1) is 0 Å². The molecule has 2 bridgehead atoms. The third-order valence-corrected chi connectivity index (χ3v) is 14.4. The highest BCUT2D eigenvalue weighted by Crippen LogP contribution is 2.37. The van der Waals surface area contributed by atoms with Gasteiger partial charge in [-0.05, 0) is 87.3 Å². The lowest BCUT2D eigenvalue weighted by Crippen LogP contribution is -2.54. The second-order valence-corrected chi connectivity index (χ2v) is 18.4. The monoisotopic (exact) mass is 884 g/mol. The number of nitrogens with zero attached hydrogens (tertiary/aromatic N) is 8. The van der Waals surface area contributed by atoms with Crippen LogP contribution in [0.5, 0.6) is 0 Å². The number of halogens is 2. The Hall–Kier alpha value is -5.53. The number of ether oxygens (including phenoxy) is 1. The number of rotatable bonds is 13. The number of fused-ring (bicyclic) bond motifs is 3. The van der Waals surface area contributed by atoms with Crippen LogP contribution in [0.3, 0.4) is 0 Å². The van der Waals surface area contributed by atoms with Crippen LogP contribution in [0.25, 0.3) is 16.6 Å². The molecule has 2 saturated carbocycles. The Kier molecular flexibility index (Phi) is 12.6. The summed E-state index contributed by atoms with van der Waals surface area (Å²) in [6.07, 6.45) is 9.07. The van der Waals surface area contributed by atoms with E-state index in [0.717, 1.165) is 107 Å². The zero-order chi connectivity index (χ0) is 44.6. The minimum Gasteiger partial charge on any atom is -0.404 e. The molecule has 0 radical (unpaired) electrons. The number of nitrogens with one attached hydrogen (secondary N) is 2. The van der Waals surface area contributed by atoms with E-state index >= 15 is 0 Å². The molecule has 3 atom stereocenters. The number of hydrogen-bond donors (Lipinski definition) is 4. The molecular formula is C45H58F2N12O5. The summed E-state index contributed by atoms with van der Waals surface area (Å²) in [6, 6.07) is 7.66. The molecule has 3 aromatic rings. The molecule has 0 spiro atoms. The first kappa shape index (κ1) is 43.7. The molecule has 3 amide bonds. The number of carbonyl (C=O) groups is 3. The van der Waals surface area contributed by atoms with Crippen molar-refractivity contribution >= 4 is 46.4 Å². The number of alkyl halides is 2. The van der Waals surface area contributed by atoms with E-state index in [0.29, 0.717) is 43.3 Å². The maximum atomic E-state index is 13.9. The average molecular weight is 885 g/mol. The van der Waals surface area contributed by atoms with Gasteiger partial charge in [0.25, 0.3) is 12.3 Å². The smallest absolute Gasteiger partial charge is 0.329 e. The summed E-state index contributed by atoms with van der Waals surface area (Å²) in [6.45, 7) is 6.38. The number of amides is 3. The number of nitrogens with two attached hydrogens (primary N) is 2. The number of imide groups is 1. The van der Waals surface area contributed by atoms with Crippen molar-refractivity contribution in [3.8, 4) is 0 Å². The molecule has 4 aliphatic heterocycles. The lowest BCUT2D eigenvalue weighted by Gasteiger charge is -2.47. The van der Waals surface area contributed by atoms with Crippen molar-refractivity contribution in [2.45, 2.75) is 101 Å². The zero-order valence-electron chi connectivity index (χ0n) is 36.2. The fraction of sp³-hybridized carbons (Fsp3) is 0.578. The molecule has 6 fully saturated rings. The molecule has 6 aliphatic rings. The Bertz CT molecular complexity index is 2410. The van der Waals surface area contributed by atoms with Crippen molar-refractivity contribution in [2.24, 2.45) is 35.3 Å². The van der Waals surface area contributed by atoms with E-state index in [-0.39, 0.29) is 53.3 Å². The number of benzene rings is 1. The molecule has 64 heavy (non-hydrogen) atoms. The minimum atomic E-state index is -3.01. The fourth-order valence-electron chi connectivity index (χ4n) is 10.8. The Morgan fingerprint density at radius 2 is 1.81 bits per heavy atom. The lowest BCUT2D eigenvalue weighted by atomic mass is 9.75. The summed E-state index contributed by atoms with van der Waals surface area (Å²) in [4.78, 5) is 72.0. The fourth-order valence-corrected chi connectivity index (χ4v) is 10.8. The summed E-state index contributed by atoms with van der Waals surface area (Å²) < 4.78 is 36.7. The van der Waals surface area contributed by atoms with Crippen LogP contribution in [-0.4, -0.2) is 129 Å². The molecule has 19 heteroatoms. The number of aliphatic imine (C=N–C) groups is 1. The second kappa shape index (κ2) is 18.5. The summed E-state index contributed by atoms with van der Waals surface area (Å²) in [7, 11) is 1.76. The van der Waals surface area contributed by atoms with E-state index < -0.39 is 30.0 Å². The van der Waals surface area contributed by atoms with E-state index in [2.05, 4.69) is 46.4 Å². The number of aryl methyl sites for hydroxylation is 1. The van der Waals surface area contributed by atoms with Gasteiger partial charge in [-0.3, -0.25) is 38.7 Å². The zero-order valence-corrected chi connectivity index (χ0v) is 36.2.